The lowest BCUT2D eigenvalue weighted by Crippen LogP contribution is -2.28. The van der Waals surface area contributed by atoms with E-state index in [9.17, 15) is 9.59 Å². The molecule has 1 aromatic rings. The van der Waals surface area contributed by atoms with Gasteiger partial charge in [-0.25, -0.2) is 0 Å². The first-order chi connectivity index (χ1) is 8.20. The molecule has 1 fully saturated rings. The van der Waals surface area contributed by atoms with Crippen LogP contribution in [0.5, 0.6) is 0 Å². The van der Waals surface area contributed by atoms with Crippen molar-refractivity contribution in [3.8, 4) is 0 Å². The van der Waals surface area contributed by atoms with E-state index in [1.807, 2.05) is 30.3 Å². The zero-order chi connectivity index (χ0) is 12.0. The largest absolute Gasteiger partial charge is 0.381 e. The molecule has 2 amide bonds. The highest BCUT2D eigenvalue weighted by molar-refractivity contribution is 6.23. The summed E-state index contributed by atoms with van der Waals surface area (Å²) in [5.41, 5.74) is 1.36. The molecule has 2 unspecified atom stereocenters. The van der Waals surface area contributed by atoms with Crippen LogP contribution in [-0.2, 0) is 14.4 Å². The van der Waals surface area contributed by atoms with Gasteiger partial charge in [-0.15, -0.1) is 0 Å². The van der Waals surface area contributed by atoms with Crippen LogP contribution in [0.3, 0.4) is 0 Å². The van der Waals surface area contributed by atoms with Crippen LogP contribution >= 0.6 is 0 Å². The third-order valence-electron chi connectivity index (χ3n) is 3.10. The molecule has 0 radical (unpaired) electrons. The van der Waals surface area contributed by atoms with E-state index in [2.05, 4.69) is 5.16 Å². The van der Waals surface area contributed by atoms with E-state index in [4.69, 9.17) is 4.84 Å². The lowest BCUT2D eigenvalue weighted by molar-refractivity contribution is -0.140. The number of benzene rings is 1. The van der Waals surface area contributed by atoms with Crippen LogP contribution in [0.15, 0.2) is 35.5 Å². The second-order valence-electron chi connectivity index (χ2n) is 4.08. The number of carbonyl (C=O) groups is 2. The number of hydrogen-bond acceptors (Lipinski definition) is 4. The standard InChI is InChI=1S/C12H10N2O3/c1-14-11(15)8-9(7-5-3-2-4-6-7)13-17-10(8)12(14)16/h2-6,8,10H,1H3. The summed E-state index contributed by atoms with van der Waals surface area (Å²) in [7, 11) is 1.47. The fraction of sp³-hybridized carbons (Fsp3) is 0.250. The third kappa shape index (κ3) is 1.28. The average Bonchev–Trinajstić information content (AvgIpc) is 2.88. The van der Waals surface area contributed by atoms with Crippen LogP contribution in [0, 0.1) is 5.92 Å². The monoisotopic (exact) mass is 230 g/mol. The Bertz CT molecular complexity index is 524. The summed E-state index contributed by atoms with van der Waals surface area (Å²) >= 11 is 0. The van der Waals surface area contributed by atoms with Gasteiger partial charge in [-0.05, 0) is 0 Å². The molecule has 0 aliphatic carbocycles. The number of fused-ring (bicyclic) bond motifs is 1. The van der Waals surface area contributed by atoms with Gasteiger partial charge in [0.25, 0.3) is 5.91 Å². The van der Waals surface area contributed by atoms with Crippen LogP contribution < -0.4 is 0 Å². The Balaban J connectivity index is 2.01. The fourth-order valence-corrected chi connectivity index (χ4v) is 2.16. The maximum absolute atomic E-state index is 11.9. The van der Waals surface area contributed by atoms with Gasteiger partial charge in [-0.2, -0.15) is 0 Å². The highest BCUT2D eigenvalue weighted by Gasteiger charge is 2.54. The van der Waals surface area contributed by atoms with Gasteiger partial charge in [0.15, 0.2) is 0 Å². The normalized spacial score (nSPS) is 26.9. The van der Waals surface area contributed by atoms with Crippen LogP contribution in [0.2, 0.25) is 0 Å². The molecule has 0 saturated carbocycles. The van der Waals surface area contributed by atoms with Crippen LogP contribution in [0.4, 0.5) is 0 Å². The van der Waals surface area contributed by atoms with Gasteiger partial charge < -0.3 is 4.84 Å². The second kappa shape index (κ2) is 3.41. The minimum atomic E-state index is -0.775. The number of carbonyl (C=O) groups excluding carboxylic acids is 2. The molecule has 17 heavy (non-hydrogen) atoms. The van der Waals surface area contributed by atoms with E-state index in [1.54, 1.807) is 0 Å². The molecule has 2 aliphatic heterocycles. The van der Waals surface area contributed by atoms with Crippen molar-refractivity contribution in [3.63, 3.8) is 0 Å². The summed E-state index contributed by atoms with van der Waals surface area (Å²) in [6, 6.07) is 9.29. The van der Waals surface area contributed by atoms with Crippen LogP contribution in [0.25, 0.3) is 0 Å². The molecule has 5 nitrogen and oxygen atoms in total. The summed E-state index contributed by atoms with van der Waals surface area (Å²) in [6.45, 7) is 0. The van der Waals surface area contributed by atoms with Crippen molar-refractivity contribution >= 4 is 17.5 Å². The molecule has 5 heteroatoms. The Labute approximate surface area is 97.7 Å². The van der Waals surface area contributed by atoms with E-state index < -0.39 is 12.0 Å². The molecule has 86 valence electrons. The number of hydrogen-bond donors (Lipinski definition) is 0. The van der Waals surface area contributed by atoms with Crippen molar-refractivity contribution in [1.29, 1.82) is 0 Å². The summed E-state index contributed by atoms with van der Waals surface area (Å²) in [6.07, 6.45) is -0.775. The van der Waals surface area contributed by atoms with E-state index in [0.29, 0.717) is 5.71 Å². The average molecular weight is 230 g/mol. The number of amides is 2. The Morgan fingerprint density at radius 1 is 1.18 bits per heavy atom. The van der Waals surface area contributed by atoms with Crippen molar-refractivity contribution in [2.24, 2.45) is 11.1 Å². The topological polar surface area (TPSA) is 59.0 Å². The maximum Gasteiger partial charge on any atom is 0.274 e. The van der Waals surface area contributed by atoms with Crippen LogP contribution in [-0.4, -0.2) is 35.6 Å². The lowest BCUT2D eigenvalue weighted by atomic mass is 9.94. The Hall–Kier alpha value is -2.17. The zero-order valence-electron chi connectivity index (χ0n) is 9.16. The second-order valence-corrected chi connectivity index (χ2v) is 4.08. The van der Waals surface area contributed by atoms with Gasteiger partial charge in [-0.3, -0.25) is 14.5 Å². The first-order valence-electron chi connectivity index (χ1n) is 5.30. The molecule has 2 heterocycles. The van der Waals surface area contributed by atoms with E-state index in [0.717, 1.165) is 10.5 Å². The number of imide groups is 1. The summed E-state index contributed by atoms with van der Waals surface area (Å²) in [5, 5.41) is 3.87. The quantitative estimate of drug-likeness (QED) is 0.656. The minimum absolute atomic E-state index is 0.250. The van der Waals surface area contributed by atoms with Gasteiger partial charge in [0.05, 0.1) is 0 Å². The van der Waals surface area contributed by atoms with E-state index in [1.165, 1.54) is 7.05 Å². The SMILES string of the molecule is CN1C(=O)C2ON=C(c3ccccc3)C2C1=O. The highest BCUT2D eigenvalue weighted by Crippen LogP contribution is 2.31. The Kier molecular flexibility index (Phi) is 2.01. The number of likely N-dealkylation sites (tertiary alicyclic amines) is 1. The van der Waals surface area contributed by atoms with Crippen molar-refractivity contribution in [1.82, 2.24) is 4.90 Å². The molecule has 0 bridgehead atoms. The molecule has 2 atom stereocenters. The Morgan fingerprint density at radius 2 is 1.88 bits per heavy atom. The smallest absolute Gasteiger partial charge is 0.274 e. The minimum Gasteiger partial charge on any atom is -0.381 e. The van der Waals surface area contributed by atoms with Crippen molar-refractivity contribution in [2.75, 3.05) is 7.05 Å². The highest BCUT2D eigenvalue weighted by atomic mass is 16.6. The fourth-order valence-electron chi connectivity index (χ4n) is 2.16. The molecule has 0 spiro atoms. The summed E-state index contributed by atoms with van der Waals surface area (Å²) < 4.78 is 0. The van der Waals surface area contributed by atoms with Crippen LogP contribution in [0.1, 0.15) is 5.56 Å². The lowest BCUT2D eigenvalue weighted by Gasteiger charge is -2.07. The molecule has 1 aromatic carbocycles. The molecule has 2 aliphatic rings. The number of likely N-dealkylation sites (N-methyl/N-ethyl adjacent to an activating group) is 1. The van der Waals surface area contributed by atoms with Crippen molar-refractivity contribution < 1.29 is 14.4 Å². The molecular weight excluding hydrogens is 220 g/mol. The van der Waals surface area contributed by atoms with Gasteiger partial charge in [-0.1, -0.05) is 35.5 Å². The van der Waals surface area contributed by atoms with Crippen molar-refractivity contribution in [2.45, 2.75) is 6.10 Å². The van der Waals surface area contributed by atoms with E-state index >= 15 is 0 Å². The zero-order valence-corrected chi connectivity index (χ0v) is 9.16. The molecular formula is C12H10N2O3. The molecule has 1 saturated heterocycles. The van der Waals surface area contributed by atoms with Gasteiger partial charge >= 0.3 is 0 Å². The predicted octanol–water partition coefficient (Wildman–Crippen LogP) is 0.404. The number of rotatable bonds is 1. The Morgan fingerprint density at radius 3 is 2.59 bits per heavy atom. The summed E-state index contributed by atoms with van der Waals surface area (Å²) in [4.78, 5) is 29.8. The molecule has 3 rings (SSSR count). The first kappa shape index (κ1) is 10.0. The van der Waals surface area contributed by atoms with Gasteiger partial charge in [0.1, 0.15) is 11.6 Å². The number of oxime groups is 1. The van der Waals surface area contributed by atoms with Crippen molar-refractivity contribution in [3.05, 3.63) is 35.9 Å². The van der Waals surface area contributed by atoms with E-state index in [-0.39, 0.29) is 11.8 Å². The first-order valence-corrected chi connectivity index (χ1v) is 5.30. The third-order valence-corrected chi connectivity index (χ3v) is 3.10. The maximum atomic E-state index is 11.9. The van der Waals surface area contributed by atoms with Gasteiger partial charge in [0, 0.05) is 12.6 Å². The van der Waals surface area contributed by atoms with Gasteiger partial charge in [0.2, 0.25) is 12.0 Å². The summed E-state index contributed by atoms with van der Waals surface area (Å²) in [5.74, 6) is -1.16. The number of nitrogens with zero attached hydrogens (tertiary/aromatic N) is 2. The molecule has 0 aromatic heterocycles. The molecule has 0 N–H and O–H groups in total. The predicted molar refractivity (Wildman–Crippen MR) is 59.1 cm³/mol.